The predicted molar refractivity (Wildman–Crippen MR) is 379 cm³/mol. The Hall–Kier alpha value is -8.58. The number of nitrogens with one attached hydrogen (secondary N) is 1. The Morgan fingerprint density at radius 2 is 1.31 bits per heavy atom. The molecule has 104 heavy (non-hydrogen) atoms. The van der Waals surface area contributed by atoms with Gasteiger partial charge in [0, 0.05) is 59.8 Å². The van der Waals surface area contributed by atoms with Crippen molar-refractivity contribution in [1.82, 2.24) is 14.9 Å². The quantitative estimate of drug-likeness (QED) is 0.00685. The van der Waals surface area contributed by atoms with Crippen LogP contribution in [0.15, 0.2) is 88.8 Å². The number of cyclic esters (lactones) is 1. The minimum absolute atomic E-state index is 0.0678. The molecule has 0 bridgehead atoms. The van der Waals surface area contributed by atoms with Crippen LogP contribution in [0.1, 0.15) is 119 Å². The van der Waals surface area contributed by atoms with E-state index in [-0.39, 0.29) is 99.3 Å². The number of unbranched alkanes of at least 4 members (excludes halogenated alkanes) is 1. The Kier molecular flexibility index (Phi) is 35.2. The van der Waals surface area contributed by atoms with Gasteiger partial charge in [-0.05, 0) is 124 Å². The van der Waals surface area contributed by atoms with Gasteiger partial charge >= 0.3 is 18.3 Å². The molecular weight excluding hydrogens is 1350 g/mol. The first-order valence-electron chi connectivity index (χ1n) is 35.4. The molecule has 0 fully saturated rings. The number of Topliss-reactive ketones (excluding diaryl/α,β-unsaturated/α-hetero) is 3. The molecule has 0 radical (unpaired) electrons. The third-order valence-corrected chi connectivity index (χ3v) is 16.8. The van der Waals surface area contributed by atoms with Gasteiger partial charge in [0.1, 0.15) is 37.8 Å². The Balaban J connectivity index is 0.804. The SMILES string of the molecule is CCc1c2c(nc3ccc(OC(=O)OC(C)(C)C)cc13)-c1cc3c(c(=O)n1C2)COC(=O)[C@@]3(CC)OC(=O)OCc1ccc(CC(=O)C(CCCCN)NC(=O)C(CC(=O)COCC(=O)CCCOCCOCCOCCOCCOCCOCCOCCOCCN=[N+]=[N-])Cc2ccccc2)cc1. The van der Waals surface area contributed by atoms with Crippen LogP contribution in [0.4, 0.5) is 9.59 Å². The summed E-state index contributed by atoms with van der Waals surface area (Å²) in [6.45, 7) is 14.8. The van der Waals surface area contributed by atoms with Gasteiger partial charge in [-0.15, -0.1) is 0 Å². The zero-order valence-electron chi connectivity index (χ0n) is 60.3. The molecule has 1 amide bonds. The van der Waals surface area contributed by atoms with Crippen molar-refractivity contribution in [1.29, 1.82) is 0 Å². The first-order chi connectivity index (χ1) is 50.4. The summed E-state index contributed by atoms with van der Waals surface area (Å²) in [5, 5.41) is 7.05. The average Bonchev–Trinajstić information content (AvgIpc) is 1.41. The van der Waals surface area contributed by atoms with Gasteiger partial charge in [-0.25, -0.2) is 19.4 Å². The number of carbonyl (C=O) groups excluding carboxylic acids is 7. The zero-order chi connectivity index (χ0) is 74.5. The number of fused-ring (bicyclic) bond motifs is 5. The predicted octanol–water partition coefficient (Wildman–Crippen LogP) is 8.67. The number of hydrogen-bond donors (Lipinski definition) is 2. The maximum absolute atomic E-state index is 14.4. The molecule has 2 aliphatic heterocycles. The molecule has 2 aromatic heterocycles. The summed E-state index contributed by atoms with van der Waals surface area (Å²) in [6.07, 6.45) is 0.386. The number of carbonyl (C=O) groups is 7. The highest BCUT2D eigenvalue weighted by Crippen LogP contribution is 2.43. The lowest BCUT2D eigenvalue weighted by Gasteiger charge is -2.35. The number of nitrogens with two attached hydrogens (primary N) is 1. The topological polar surface area (TPSA) is 370 Å². The molecule has 566 valence electrons. The highest BCUT2D eigenvalue weighted by atomic mass is 16.7. The fourth-order valence-electron chi connectivity index (χ4n) is 11.6. The lowest BCUT2D eigenvalue weighted by Crippen LogP contribution is -2.47. The average molecular weight is 1450 g/mol. The Morgan fingerprint density at radius 3 is 1.90 bits per heavy atom. The minimum Gasteiger partial charge on any atom is -0.457 e. The molecule has 29 nitrogen and oxygen atoms in total. The summed E-state index contributed by atoms with van der Waals surface area (Å²) in [4.78, 5) is 117. The van der Waals surface area contributed by atoms with Crippen molar-refractivity contribution in [2.75, 3.05) is 132 Å². The maximum atomic E-state index is 14.4. The van der Waals surface area contributed by atoms with Crippen LogP contribution in [0.5, 0.6) is 5.75 Å². The molecule has 7 rings (SSSR count). The number of hydrogen-bond acceptors (Lipinski definition) is 25. The van der Waals surface area contributed by atoms with E-state index < -0.39 is 52.9 Å². The molecule has 4 heterocycles. The minimum atomic E-state index is -2.05. The molecule has 3 aromatic carbocycles. The number of aryl methyl sites for hydroxylation is 1. The van der Waals surface area contributed by atoms with Crippen molar-refractivity contribution < 1.29 is 99.9 Å². The number of aromatic nitrogens is 2. The Bertz CT molecular complexity index is 3710. The number of esters is 1. The van der Waals surface area contributed by atoms with E-state index in [4.69, 9.17) is 82.6 Å². The molecule has 5 aromatic rings. The van der Waals surface area contributed by atoms with Gasteiger partial charge in [0.15, 0.2) is 17.3 Å². The van der Waals surface area contributed by atoms with Crippen molar-refractivity contribution in [2.45, 2.75) is 136 Å². The van der Waals surface area contributed by atoms with Crippen LogP contribution < -0.4 is 21.3 Å². The first-order valence-corrected chi connectivity index (χ1v) is 35.4. The molecule has 0 aliphatic carbocycles. The second-order valence-corrected chi connectivity index (χ2v) is 25.7. The van der Waals surface area contributed by atoms with Crippen LogP contribution in [0.2, 0.25) is 0 Å². The van der Waals surface area contributed by atoms with Gasteiger partial charge in [-0.1, -0.05) is 73.6 Å². The number of ketones is 3. The smallest absolute Gasteiger partial charge is 0.457 e. The molecule has 3 N–H and O–H groups in total. The van der Waals surface area contributed by atoms with E-state index in [1.165, 1.54) is 0 Å². The van der Waals surface area contributed by atoms with Crippen LogP contribution in [0, 0.1) is 5.92 Å². The standard InChI is InChI=1S/C75H99N7O22/c1-6-59-60-45-58(102-73(90)103-74(3,4)5)22-23-64(60)79-68-61(59)47-82-66(68)46-63-62(70(82)87)51-100-71(88)75(63,7-2)104-72(89)101-48-54-20-18-53(19-21-54)43-67(85)65(17-11-12-24-76)80-69(86)55(42-52-14-9-8-10-15-52)44-57(84)50-99-49-56(83)16-13-26-91-28-30-93-32-34-95-36-38-97-40-41-98-39-37-96-35-33-94-31-29-92-27-25-78-81-77/h8-10,14-15,18-23,45-46,55,65H,6-7,11-13,16-17,24-44,47-51,76H2,1-5H3,(H,80,86)/t55?,65?,75-/m0/s1. The largest absolute Gasteiger partial charge is 0.514 e. The van der Waals surface area contributed by atoms with Crippen molar-refractivity contribution in [3.8, 4) is 17.1 Å². The fraction of sp³-hybridized carbons (Fsp3) is 0.560. The second-order valence-electron chi connectivity index (χ2n) is 25.7. The lowest BCUT2D eigenvalue weighted by atomic mass is 9.85. The fourth-order valence-corrected chi connectivity index (χ4v) is 11.6. The lowest BCUT2D eigenvalue weighted by molar-refractivity contribution is -0.175. The number of pyridine rings is 2. The number of ether oxygens (including phenoxy) is 14. The van der Waals surface area contributed by atoms with E-state index in [9.17, 15) is 38.4 Å². The van der Waals surface area contributed by atoms with Crippen LogP contribution >= 0.6 is 0 Å². The molecule has 29 heteroatoms. The third kappa shape index (κ3) is 26.8. The van der Waals surface area contributed by atoms with E-state index in [2.05, 4.69) is 15.3 Å². The number of azide groups is 1. The summed E-state index contributed by atoms with van der Waals surface area (Å²) < 4.78 is 78.7. The molecule has 0 saturated carbocycles. The van der Waals surface area contributed by atoms with E-state index in [1.54, 1.807) is 80.8 Å². The van der Waals surface area contributed by atoms with Gasteiger partial charge in [-0.3, -0.25) is 24.0 Å². The Labute approximate surface area is 605 Å². The van der Waals surface area contributed by atoms with E-state index >= 15 is 0 Å². The van der Waals surface area contributed by atoms with Crippen LogP contribution in [-0.2, 0) is 130 Å². The maximum Gasteiger partial charge on any atom is 0.514 e. The van der Waals surface area contributed by atoms with Gasteiger partial charge in [-0.2, -0.15) is 0 Å². The number of nitrogens with zero attached hydrogens (tertiary/aromatic N) is 5. The van der Waals surface area contributed by atoms with Gasteiger partial charge in [0.05, 0.1) is 134 Å². The Morgan fingerprint density at radius 1 is 0.702 bits per heavy atom. The van der Waals surface area contributed by atoms with Crippen molar-refractivity contribution >= 4 is 52.4 Å². The molecule has 0 saturated heterocycles. The summed E-state index contributed by atoms with van der Waals surface area (Å²) >= 11 is 0. The molecule has 2 unspecified atom stereocenters. The van der Waals surface area contributed by atoms with Crippen molar-refractivity contribution in [3.05, 3.63) is 139 Å². The monoisotopic (exact) mass is 1450 g/mol. The summed E-state index contributed by atoms with van der Waals surface area (Å²) in [5.41, 5.74) is 16.2. The zero-order valence-corrected chi connectivity index (χ0v) is 60.3. The number of amides is 1. The van der Waals surface area contributed by atoms with E-state index in [0.717, 1.165) is 22.1 Å². The van der Waals surface area contributed by atoms with Crippen LogP contribution in [0.25, 0.3) is 32.7 Å². The second kappa shape index (κ2) is 44.3. The molecule has 3 atom stereocenters. The van der Waals surface area contributed by atoms with Crippen LogP contribution in [0.3, 0.4) is 0 Å². The van der Waals surface area contributed by atoms with E-state index in [0.29, 0.717) is 179 Å². The van der Waals surface area contributed by atoms with Crippen molar-refractivity contribution in [2.24, 2.45) is 16.8 Å². The van der Waals surface area contributed by atoms with E-state index in [1.807, 2.05) is 37.3 Å². The normalized spacial score (nSPS) is 14.3. The summed E-state index contributed by atoms with van der Waals surface area (Å²) in [7, 11) is 0. The third-order valence-electron chi connectivity index (χ3n) is 16.8. The van der Waals surface area contributed by atoms with Gasteiger partial charge in [0.25, 0.3) is 5.56 Å². The van der Waals surface area contributed by atoms with Gasteiger partial charge in [0.2, 0.25) is 11.5 Å². The molecule has 0 spiro atoms. The molecular formula is C75H99N7O22. The number of benzene rings is 3. The van der Waals surface area contributed by atoms with Crippen LogP contribution in [-0.4, -0.2) is 195 Å². The first kappa shape index (κ1) is 82.7. The summed E-state index contributed by atoms with van der Waals surface area (Å²) in [6, 6.07) is 21.7. The highest BCUT2D eigenvalue weighted by molar-refractivity contribution is 5.94. The van der Waals surface area contributed by atoms with Gasteiger partial charge < -0.3 is 81.9 Å². The number of rotatable bonds is 51. The summed E-state index contributed by atoms with van der Waals surface area (Å²) in [5.74, 6) is -2.84. The molecule has 2 aliphatic rings. The van der Waals surface area contributed by atoms with Crippen molar-refractivity contribution in [3.63, 3.8) is 0 Å². The highest BCUT2D eigenvalue weighted by Gasteiger charge is 2.51.